The molecule has 3 aromatic rings. The van der Waals surface area contributed by atoms with Crippen LogP contribution in [0.1, 0.15) is 30.5 Å². The quantitative estimate of drug-likeness (QED) is 0.363. The first-order valence-electron chi connectivity index (χ1n) is 9.95. The summed E-state index contributed by atoms with van der Waals surface area (Å²) in [5, 5.41) is 0. The molecule has 0 aliphatic carbocycles. The third kappa shape index (κ3) is 6.21. The second kappa shape index (κ2) is 10.8. The molecule has 0 saturated carbocycles. The van der Waals surface area contributed by atoms with E-state index in [4.69, 9.17) is 14.2 Å². The molecule has 0 spiro atoms. The van der Waals surface area contributed by atoms with Crippen LogP contribution in [-0.2, 0) is 11.2 Å². The summed E-state index contributed by atoms with van der Waals surface area (Å²) >= 11 is 0. The van der Waals surface area contributed by atoms with Gasteiger partial charge < -0.3 is 14.2 Å². The van der Waals surface area contributed by atoms with Gasteiger partial charge in [0.1, 0.15) is 5.75 Å². The van der Waals surface area contributed by atoms with Crippen LogP contribution in [-0.4, -0.2) is 24.2 Å². The first-order valence-corrected chi connectivity index (χ1v) is 9.95. The average molecular weight is 403 g/mol. The van der Waals surface area contributed by atoms with E-state index in [9.17, 15) is 4.79 Å². The number of rotatable bonds is 9. The van der Waals surface area contributed by atoms with Gasteiger partial charge >= 0.3 is 5.97 Å². The van der Waals surface area contributed by atoms with Crippen molar-refractivity contribution < 1.29 is 19.0 Å². The highest BCUT2D eigenvalue weighted by atomic mass is 16.6. The molecule has 3 rings (SSSR count). The Kier molecular flexibility index (Phi) is 7.61. The van der Waals surface area contributed by atoms with Gasteiger partial charge in [0.2, 0.25) is 0 Å². The molecule has 0 amide bonds. The molecule has 0 fully saturated rings. The van der Waals surface area contributed by atoms with Gasteiger partial charge in [-0.15, -0.1) is 0 Å². The Balaban J connectivity index is 1.68. The fraction of sp³-hybridized carbons (Fsp3) is 0.200. The number of hydrogen-bond acceptors (Lipinski definition) is 5. The third-order valence-electron chi connectivity index (χ3n) is 4.25. The predicted octanol–water partition coefficient (Wildman–Crippen LogP) is 5.20. The largest absolute Gasteiger partial charge is 0.494 e. The van der Waals surface area contributed by atoms with Crippen molar-refractivity contribution in [2.45, 2.75) is 20.3 Å². The number of pyridine rings is 1. The zero-order valence-corrected chi connectivity index (χ0v) is 17.2. The maximum absolute atomic E-state index is 12.4. The maximum atomic E-state index is 12.4. The van der Waals surface area contributed by atoms with Crippen LogP contribution < -0.4 is 14.2 Å². The molecule has 1 aromatic heterocycles. The Labute approximate surface area is 176 Å². The Bertz CT molecular complexity index is 982. The van der Waals surface area contributed by atoms with E-state index < -0.39 is 0 Å². The van der Waals surface area contributed by atoms with Gasteiger partial charge in [-0.25, -0.2) is 0 Å². The normalized spacial score (nSPS) is 10.7. The molecule has 0 saturated heterocycles. The van der Waals surface area contributed by atoms with Crippen LogP contribution >= 0.6 is 0 Å². The molecule has 1 heterocycles. The van der Waals surface area contributed by atoms with Gasteiger partial charge in [-0.2, -0.15) is 0 Å². The Morgan fingerprint density at radius 2 is 1.53 bits per heavy atom. The van der Waals surface area contributed by atoms with E-state index in [0.29, 0.717) is 24.7 Å². The summed E-state index contributed by atoms with van der Waals surface area (Å²) < 4.78 is 16.7. The van der Waals surface area contributed by atoms with Crippen molar-refractivity contribution in [3.05, 3.63) is 83.7 Å². The number of esters is 1. The van der Waals surface area contributed by atoms with E-state index in [1.54, 1.807) is 18.5 Å². The summed E-state index contributed by atoms with van der Waals surface area (Å²) in [5.41, 5.74) is 2.86. The molecule has 0 unspecified atom stereocenters. The van der Waals surface area contributed by atoms with Crippen molar-refractivity contribution in [2.24, 2.45) is 0 Å². The molecule has 0 aliphatic heterocycles. The standard InChI is InChI=1S/C25H25NO4/c1-3-28-22-10-7-21(8-11-22)18-25(27)30-23-12-9-20(17-24(23)29-4-2)6-5-19-13-15-26-16-14-19/h5-17H,3-4,18H2,1-2H3/b6-5+. The van der Waals surface area contributed by atoms with Crippen LogP contribution in [0.2, 0.25) is 0 Å². The molecule has 0 radical (unpaired) electrons. The zero-order valence-electron chi connectivity index (χ0n) is 17.2. The SMILES string of the molecule is CCOc1ccc(CC(=O)Oc2ccc(/C=C/c3ccncc3)cc2OCC)cc1. The van der Waals surface area contributed by atoms with Crippen molar-refractivity contribution in [2.75, 3.05) is 13.2 Å². The fourth-order valence-electron chi connectivity index (χ4n) is 2.84. The number of aromatic nitrogens is 1. The maximum Gasteiger partial charge on any atom is 0.315 e. The second-order valence-electron chi connectivity index (χ2n) is 6.48. The van der Waals surface area contributed by atoms with Gasteiger partial charge in [0, 0.05) is 12.4 Å². The van der Waals surface area contributed by atoms with Crippen molar-refractivity contribution in [3.8, 4) is 17.2 Å². The number of nitrogens with zero attached hydrogens (tertiary/aromatic N) is 1. The highest BCUT2D eigenvalue weighted by Gasteiger charge is 2.12. The van der Waals surface area contributed by atoms with Gasteiger partial charge in [0.25, 0.3) is 0 Å². The molecular formula is C25H25NO4. The highest BCUT2D eigenvalue weighted by molar-refractivity contribution is 5.77. The number of hydrogen-bond donors (Lipinski definition) is 0. The lowest BCUT2D eigenvalue weighted by Gasteiger charge is -2.12. The number of benzene rings is 2. The van der Waals surface area contributed by atoms with Gasteiger partial charge in [0.15, 0.2) is 11.5 Å². The van der Waals surface area contributed by atoms with Crippen molar-refractivity contribution in [1.82, 2.24) is 4.98 Å². The molecule has 0 N–H and O–H groups in total. The molecule has 2 aromatic carbocycles. The van der Waals surface area contributed by atoms with E-state index in [2.05, 4.69) is 4.98 Å². The van der Waals surface area contributed by atoms with Crippen LogP contribution in [0.25, 0.3) is 12.2 Å². The first-order chi connectivity index (χ1) is 14.7. The summed E-state index contributed by atoms with van der Waals surface area (Å²) in [6.07, 6.45) is 7.63. The van der Waals surface area contributed by atoms with E-state index in [-0.39, 0.29) is 12.4 Å². The predicted molar refractivity (Wildman–Crippen MR) is 118 cm³/mol. The molecule has 0 bridgehead atoms. The van der Waals surface area contributed by atoms with E-state index in [0.717, 1.165) is 22.4 Å². The first kappa shape index (κ1) is 21.1. The summed E-state index contributed by atoms with van der Waals surface area (Å²) in [6.45, 7) is 4.91. The smallest absolute Gasteiger partial charge is 0.315 e. The minimum atomic E-state index is -0.347. The topological polar surface area (TPSA) is 57.7 Å². The highest BCUT2D eigenvalue weighted by Crippen LogP contribution is 2.30. The molecule has 0 aliphatic rings. The average Bonchev–Trinajstić information content (AvgIpc) is 2.76. The number of carbonyl (C=O) groups excluding carboxylic acids is 1. The summed E-state index contributed by atoms with van der Waals surface area (Å²) in [4.78, 5) is 16.4. The van der Waals surface area contributed by atoms with Gasteiger partial charge in [-0.05, 0) is 66.9 Å². The van der Waals surface area contributed by atoms with Crippen molar-refractivity contribution in [1.29, 1.82) is 0 Å². The molecule has 30 heavy (non-hydrogen) atoms. The Morgan fingerprint density at radius 1 is 0.833 bits per heavy atom. The minimum absolute atomic E-state index is 0.168. The minimum Gasteiger partial charge on any atom is -0.494 e. The lowest BCUT2D eigenvalue weighted by molar-refractivity contribution is -0.133. The monoisotopic (exact) mass is 403 g/mol. The summed E-state index contributed by atoms with van der Waals surface area (Å²) in [6, 6.07) is 16.8. The third-order valence-corrected chi connectivity index (χ3v) is 4.25. The van der Waals surface area contributed by atoms with Crippen molar-refractivity contribution in [3.63, 3.8) is 0 Å². The number of carbonyl (C=O) groups is 1. The Hall–Kier alpha value is -3.60. The van der Waals surface area contributed by atoms with Gasteiger partial charge in [-0.1, -0.05) is 30.4 Å². The van der Waals surface area contributed by atoms with Gasteiger partial charge in [-0.3, -0.25) is 9.78 Å². The molecule has 154 valence electrons. The fourth-order valence-corrected chi connectivity index (χ4v) is 2.84. The van der Waals surface area contributed by atoms with E-state index >= 15 is 0 Å². The molecule has 5 heteroatoms. The molecular weight excluding hydrogens is 378 g/mol. The number of ether oxygens (including phenoxy) is 3. The summed E-state index contributed by atoms with van der Waals surface area (Å²) in [7, 11) is 0. The second-order valence-corrected chi connectivity index (χ2v) is 6.48. The van der Waals surface area contributed by atoms with E-state index in [1.165, 1.54) is 0 Å². The molecule has 0 atom stereocenters. The molecule has 5 nitrogen and oxygen atoms in total. The van der Waals surface area contributed by atoms with Crippen LogP contribution in [0.3, 0.4) is 0 Å². The van der Waals surface area contributed by atoms with E-state index in [1.807, 2.05) is 74.5 Å². The van der Waals surface area contributed by atoms with Crippen molar-refractivity contribution >= 4 is 18.1 Å². The van der Waals surface area contributed by atoms with Gasteiger partial charge in [0.05, 0.1) is 19.6 Å². The zero-order chi connectivity index (χ0) is 21.2. The lowest BCUT2D eigenvalue weighted by Crippen LogP contribution is -2.12. The Morgan fingerprint density at radius 3 is 2.23 bits per heavy atom. The summed E-state index contributed by atoms with van der Waals surface area (Å²) in [5.74, 6) is 1.38. The van der Waals surface area contributed by atoms with Crippen LogP contribution in [0.4, 0.5) is 0 Å². The van der Waals surface area contributed by atoms with Crippen LogP contribution in [0.15, 0.2) is 67.0 Å². The van der Waals surface area contributed by atoms with Crippen LogP contribution in [0, 0.1) is 0 Å². The lowest BCUT2D eigenvalue weighted by atomic mass is 10.1. The van der Waals surface area contributed by atoms with Crippen LogP contribution in [0.5, 0.6) is 17.2 Å².